The van der Waals surface area contributed by atoms with Gasteiger partial charge in [-0.3, -0.25) is 9.78 Å². The van der Waals surface area contributed by atoms with E-state index < -0.39 is 0 Å². The van der Waals surface area contributed by atoms with Crippen LogP contribution in [0, 0.1) is 19.7 Å². The number of benzene rings is 1. The molecule has 1 aromatic heterocycles. The number of rotatable bonds is 7. The number of aliphatic imine (C=N–C) groups is 1. The molecule has 1 saturated heterocycles. The maximum atomic E-state index is 12.4. The number of ether oxygens (including phenoxy) is 1. The Balaban J connectivity index is 0.00000272. The Labute approximate surface area is 225 Å². The van der Waals surface area contributed by atoms with Crippen molar-refractivity contribution in [3.05, 3.63) is 78.4 Å². The van der Waals surface area contributed by atoms with Crippen LogP contribution in [0.4, 0.5) is 5.69 Å². The van der Waals surface area contributed by atoms with Crippen molar-refractivity contribution in [2.75, 3.05) is 18.5 Å². The fourth-order valence-electron chi connectivity index (χ4n) is 3.09. The summed E-state index contributed by atoms with van der Waals surface area (Å²) >= 11 is 0. The second-order valence-corrected chi connectivity index (χ2v) is 7.42. The predicted molar refractivity (Wildman–Crippen MR) is 115 cm³/mol. The second kappa shape index (κ2) is 11.2. The molecule has 0 radical (unpaired) electrons. The molecule has 0 spiro atoms. The molecule has 0 bridgehead atoms. The molecule has 4 rings (SSSR count). The van der Waals surface area contributed by atoms with E-state index in [1.54, 1.807) is 18.6 Å². The molecule has 0 saturated carbocycles. The van der Waals surface area contributed by atoms with E-state index in [9.17, 15) is 4.79 Å². The fourth-order valence-corrected chi connectivity index (χ4v) is 3.09. The summed E-state index contributed by atoms with van der Waals surface area (Å²) in [6.45, 7) is 7.50. The number of aromatic nitrogens is 1. The first-order valence-corrected chi connectivity index (χ1v) is 9.87. The topological polar surface area (TPSA) is 78.6 Å². The van der Waals surface area contributed by atoms with Crippen LogP contribution in [0.3, 0.4) is 0 Å². The van der Waals surface area contributed by atoms with E-state index in [1.807, 2.05) is 56.9 Å². The number of nitrogens with one attached hydrogen (secondary N) is 2. The zero-order valence-electron chi connectivity index (χ0n) is 18.0. The van der Waals surface area contributed by atoms with Crippen molar-refractivity contribution in [3.8, 4) is 0 Å². The largest absolute Gasteiger partial charge is 1.00 e. The van der Waals surface area contributed by atoms with Crippen LogP contribution in [0.5, 0.6) is 0 Å². The molecule has 2 aromatic rings. The van der Waals surface area contributed by atoms with Crippen molar-refractivity contribution < 1.29 is 65.5 Å². The van der Waals surface area contributed by atoms with Gasteiger partial charge in [-0.15, -0.1) is 6.20 Å². The molecular weight excluding hydrogens is 417 g/mol. The summed E-state index contributed by atoms with van der Waals surface area (Å²) in [6.07, 6.45) is 9.92. The molecule has 1 aromatic carbocycles. The first-order valence-electron chi connectivity index (χ1n) is 9.87. The van der Waals surface area contributed by atoms with Crippen molar-refractivity contribution in [1.82, 2.24) is 10.3 Å². The molecule has 31 heavy (non-hydrogen) atoms. The summed E-state index contributed by atoms with van der Waals surface area (Å²) in [7, 11) is 0. The molecule has 1 fully saturated rings. The van der Waals surface area contributed by atoms with Crippen molar-refractivity contribution >= 4 is 23.5 Å². The molecule has 1 atom stereocenters. The monoisotopic (exact) mass is 441 g/mol. The van der Waals surface area contributed by atoms with E-state index in [2.05, 4.69) is 31.4 Å². The minimum absolute atomic E-state index is 0. The Morgan fingerprint density at radius 1 is 1.39 bits per heavy atom. The Hall–Kier alpha value is -1.81. The molecule has 154 valence electrons. The van der Waals surface area contributed by atoms with Gasteiger partial charge in [0.1, 0.15) is 13.2 Å². The van der Waals surface area contributed by atoms with Gasteiger partial charge in [0.25, 0.3) is 5.91 Å². The van der Waals surface area contributed by atoms with Gasteiger partial charge in [-0.25, -0.2) is 0 Å². The van der Waals surface area contributed by atoms with E-state index in [-0.39, 0.29) is 63.3 Å². The minimum atomic E-state index is -0.179. The molecule has 1 amide bonds. The molecule has 2 aliphatic rings. The Bertz CT molecular complexity index is 1030. The maximum absolute atomic E-state index is 12.4. The van der Waals surface area contributed by atoms with Gasteiger partial charge >= 0.3 is 51.4 Å². The Morgan fingerprint density at radius 2 is 2.19 bits per heavy atom. The van der Waals surface area contributed by atoms with Crippen LogP contribution in [0.15, 0.2) is 53.9 Å². The third-order valence-electron chi connectivity index (χ3n) is 4.96. The standard InChI is InChI=1S/C23H24N5O2.K/c1-16-8-19(11-24-10-16)23(29)27-20-5-3-4-18(9-20)17(2)25-6-7-26-21-12-28(13-21)22-14-30-15-22;/h3-5,7-13,17,22,25H,14-15H2,1-2H3,(H,27,29);/q-1;+1. The first-order chi connectivity index (χ1) is 14.6. The van der Waals surface area contributed by atoms with Crippen molar-refractivity contribution in [1.29, 1.82) is 0 Å². The molecule has 2 aliphatic heterocycles. The van der Waals surface area contributed by atoms with Gasteiger partial charge < -0.3 is 31.1 Å². The van der Waals surface area contributed by atoms with Gasteiger partial charge in [-0.1, -0.05) is 12.1 Å². The van der Waals surface area contributed by atoms with E-state index in [1.165, 1.54) is 0 Å². The van der Waals surface area contributed by atoms with Crippen LogP contribution in [0.1, 0.15) is 34.5 Å². The van der Waals surface area contributed by atoms with Gasteiger partial charge in [0.15, 0.2) is 6.04 Å². The Kier molecular flexibility index (Phi) is 8.59. The summed E-state index contributed by atoms with van der Waals surface area (Å²) in [5, 5.41) is 6.10. The van der Waals surface area contributed by atoms with Crippen LogP contribution < -0.4 is 62.0 Å². The molecule has 8 heteroatoms. The Morgan fingerprint density at radius 3 is 2.90 bits per heavy atom. The number of hydrogen-bond donors (Lipinski definition) is 2. The third kappa shape index (κ3) is 6.35. The number of carbonyl (C=O) groups is 1. The molecule has 3 heterocycles. The molecule has 7 nitrogen and oxygen atoms in total. The van der Waals surface area contributed by atoms with E-state index in [0.29, 0.717) is 11.6 Å². The van der Waals surface area contributed by atoms with Gasteiger partial charge in [0.2, 0.25) is 0 Å². The predicted octanol–water partition coefficient (Wildman–Crippen LogP) is -0.330. The smallest absolute Gasteiger partial charge is 0.560 e. The summed E-state index contributed by atoms with van der Waals surface area (Å²) in [6, 6.07) is 10.0. The van der Waals surface area contributed by atoms with Crippen molar-refractivity contribution in [2.24, 2.45) is 4.99 Å². The van der Waals surface area contributed by atoms with Crippen LogP contribution >= 0.6 is 0 Å². The number of pyridine rings is 1. The first kappa shape index (κ1) is 23.8. The number of anilines is 1. The summed E-state index contributed by atoms with van der Waals surface area (Å²) < 4.78 is 7.30. The van der Waals surface area contributed by atoms with Crippen molar-refractivity contribution in [2.45, 2.75) is 25.9 Å². The second-order valence-electron chi connectivity index (χ2n) is 7.42. The zero-order chi connectivity index (χ0) is 20.9. The number of aryl methyl sites for hydroxylation is 1. The summed E-state index contributed by atoms with van der Waals surface area (Å²) in [4.78, 5) is 20.8. The third-order valence-corrected chi connectivity index (χ3v) is 4.96. The number of hydrogen-bond acceptors (Lipinski definition) is 5. The maximum Gasteiger partial charge on any atom is 1.00 e. The van der Waals surface area contributed by atoms with Gasteiger partial charge in [0.05, 0.1) is 24.0 Å². The number of amides is 1. The van der Waals surface area contributed by atoms with Crippen molar-refractivity contribution in [3.63, 3.8) is 0 Å². The average Bonchev–Trinajstić information content (AvgIpc) is 2.67. The van der Waals surface area contributed by atoms with E-state index in [4.69, 9.17) is 4.74 Å². The summed E-state index contributed by atoms with van der Waals surface area (Å²) in [5.74, 6) is -0.179. The molecule has 2 N–H and O–H groups in total. The normalized spacial score (nSPS) is 17.6. The van der Waals surface area contributed by atoms with E-state index in [0.717, 1.165) is 35.7 Å². The van der Waals surface area contributed by atoms with Crippen LogP contribution in [-0.4, -0.2) is 46.6 Å². The summed E-state index contributed by atoms with van der Waals surface area (Å²) in [5.41, 5.74) is 4.16. The van der Waals surface area contributed by atoms with Crippen LogP contribution in [0.2, 0.25) is 0 Å². The van der Waals surface area contributed by atoms with Crippen LogP contribution in [-0.2, 0) is 4.74 Å². The number of nitrogens with zero attached hydrogens (tertiary/aromatic N) is 3. The molecule has 0 aliphatic carbocycles. The fraction of sp³-hybridized carbons (Fsp3) is 0.261. The average molecular weight is 442 g/mol. The quantitative estimate of drug-likeness (QED) is 0.267. The SMILES string of the molecule is Cc1cncc(C(=O)Nc2cccc(C(C)N[C-]=CN=C3C=[N+](C4COC4)[CH-]3)c2)c1.[K+]. The number of carbonyl (C=O) groups excluding carboxylic acids is 1. The minimum Gasteiger partial charge on any atom is -0.560 e. The van der Waals surface area contributed by atoms with Crippen LogP contribution in [0.25, 0.3) is 0 Å². The zero-order valence-corrected chi connectivity index (χ0v) is 21.1. The van der Waals surface area contributed by atoms with Gasteiger partial charge in [0, 0.05) is 24.1 Å². The molecule has 1 unspecified atom stereocenters. The van der Waals surface area contributed by atoms with Gasteiger partial charge in [-0.05, 0) is 43.2 Å². The molecular formula is C23H24KN5O2. The van der Waals surface area contributed by atoms with E-state index >= 15 is 0 Å². The van der Waals surface area contributed by atoms with Gasteiger partial charge in [-0.2, -0.15) is 0 Å².